The third kappa shape index (κ3) is 3.28. The summed E-state index contributed by atoms with van der Waals surface area (Å²) in [4.78, 5) is 0. The predicted octanol–water partition coefficient (Wildman–Crippen LogP) is 1.84. The van der Waals surface area contributed by atoms with Crippen LogP contribution in [-0.2, 0) is 6.42 Å². The molecule has 0 atom stereocenters. The third-order valence-corrected chi connectivity index (χ3v) is 1.98. The summed E-state index contributed by atoms with van der Waals surface area (Å²) in [6.07, 6.45) is 7.24. The van der Waals surface area contributed by atoms with E-state index in [2.05, 4.69) is 40.8 Å². The highest BCUT2D eigenvalue weighted by atomic mass is 15.3. The van der Waals surface area contributed by atoms with Crippen molar-refractivity contribution in [2.45, 2.75) is 39.5 Å². The van der Waals surface area contributed by atoms with Gasteiger partial charge >= 0.3 is 0 Å². The molecular weight excluding hydrogens is 176 g/mol. The molecule has 4 nitrogen and oxygen atoms in total. The monoisotopic (exact) mass is 193 g/mol. The van der Waals surface area contributed by atoms with Crippen molar-refractivity contribution in [2.75, 3.05) is 11.9 Å². The van der Waals surface area contributed by atoms with Gasteiger partial charge in [0.1, 0.15) is 6.20 Å². The molecule has 0 amide bonds. The molecule has 77 valence electrons. The molecule has 0 aliphatic carbocycles. The summed E-state index contributed by atoms with van der Waals surface area (Å²) < 4.78 is 0. The molecule has 4 heteroatoms. The second-order valence-electron chi connectivity index (χ2n) is 3.26. The van der Waals surface area contributed by atoms with Gasteiger partial charge in [-0.3, -0.25) is 0 Å². The molecule has 1 heterocycles. The molecule has 0 saturated heterocycles. The van der Waals surface area contributed by atoms with Crippen LogP contribution in [0.2, 0.25) is 0 Å². The van der Waals surface area contributed by atoms with Gasteiger partial charge in [-0.05, 0) is 18.1 Å². The maximum absolute atomic E-state index is 3.97. The highest BCUT2D eigenvalue weighted by molar-refractivity contribution is 5.40. The van der Waals surface area contributed by atoms with Crippen LogP contribution in [0.1, 0.15) is 38.7 Å². The van der Waals surface area contributed by atoms with Crippen LogP contribution in [0.15, 0.2) is 0 Å². The van der Waals surface area contributed by atoms with Crippen molar-refractivity contribution in [1.29, 1.82) is 0 Å². The van der Waals surface area contributed by atoms with Crippen molar-refractivity contribution >= 4 is 5.82 Å². The first-order valence-corrected chi connectivity index (χ1v) is 5.22. The van der Waals surface area contributed by atoms with Gasteiger partial charge in [-0.15, -0.1) is 10.2 Å². The normalized spacial score (nSPS) is 10.1. The molecule has 0 fully saturated rings. The SMILES string of the molecule is CCCCNc1nnn[c]c1CCC. The number of hydrogen-bond acceptors (Lipinski definition) is 4. The van der Waals surface area contributed by atoms with E-state index in [1.165, 1.54) is 6.42 Å². The highest BCUT2D eigenvalue weighted by Gasteiger charge is 2.03. The summed E-state index contributed by atoms with van der Waals surface area (Å²) >= 11 is 0. The van der Waals surface area contributed by atoms with Crippen LogP contribution in [0.5, 0.6) is 0 Å². The van der Waals surface area contributed by atoms with Gasteiger partial charge in [0, 0.05) is 12.1 Å². The minimum atomic E-state index is 0.843. The lowest BCUT2D eigenvalue weighted by Crippen LogP contribution is -2.08. The first-order valence-electron chi connectivity index (χ1n) is 5.22. The van der Waals surface area contributed by atoms with Crippen LogP contribution < -0.4 is 5.32 Å². The number of nitrogens with one attached hydrogen (secondary N) is 1. The fourth-order valence-electron chi connectivity index (χ4n) is 1.21. The Kier molecular flexibility index (Phi) is 4.89. The molecular formula is C10H17N4. The van der Waals surface area contributed by atoms with E-state index in [1.54, 1.807) is 0 Å². The van der Waals surface area contributed by atoms with Gasteiger partial charge < -0.3 is 5.32 Å². The number of hydrogen-bond donors (Lipinski definition) is 1. The molecule has 1 aromatic heterocycles. The van der Waals surface area contributed by atoms with Gasteiger partial charge in [-0.2, -0.15) is 0 Å². The smallest absolute Gasteiger partial charge is 0.155 e. The zero-order valence-electron chi connectivity index (χ0n) is 8.88. The van der Waals surface area contributed by atoms with Crippen molar-refractivity contribution in [3.8, 4) is 0 Å². The standard InChI is InChI=1S/C10H17N4/c1-3-5-7-11-10-9(6-4-2)8-12-14-13-10/h3-7H2,1-2H3,(H,11,12,13). The third-order valence-electron chi connectivity index (χ3n) is 1.98. The van der Waals surface area contributed by atoms with Gasteiger partial charge in [-0.1, -0.05) is 26.7 Å². The summed E-state index contributed by atoms with van der Waals surface area (Å²) in [6.45, 7) is 5.24. The van der Waals surface area contributed by atoms with Gasteiger partial charge in [0.05, 0.1) is 0 Å². The van der Waals surface area contributed by atoms with E-state index in [1.807, 2.05) is 0 Å². The Morgan fingerprint density at radius 2 is 2.14 bits per heavy atom. The average Bonchev–Trinajstić information content (AvgIpc) is 2.21. The van der Waals surface area contributed by atoms with E-state index >= 15 is 0 Å². The predicted molar refractivity (Wildman–Crippen MR) is 56.1 cm³/mol. The number of unbranched alkanes of at least 4 members (excludes halogenated alkanes) is 1. The minimum Gasteiger partial charge on any atom is -0.368 e. The first-order chi connectivity index (χ1) is 6.88. The quantitative estimate of drug-likeness (QED) is 0.700. The average molecular weight is 193 g/mol. The van der Waals surface area contributed by atoms with Crippen LogP contribution in [0.3, 0.4) is 0 Å². The molecule has 14 heavy (non-hydrogen) atoms. The van der Waals surface area contributed by atoms with Gasteiger partial charge in [0.2, 0.25) is 0 Å². The molecule has 1 N–H and O–H groups in total. The Hall–Kier alpha value is -1.19. The number of nitrogens with zero attached hydrogens (tertiary/aromatic N) is 3. The minimum absolute atomic E-state index is 0.843. The van der Waals surface area contributed by atoms with E-state index in [9.17, 15) is 0 Å². The number of rotatable bonds is 6. The molecule has 0 bridgehead atoms. The summed E-state index contributed by atoms with van der Waals surface area (Å²) in [5, 5.41) is 14.5. The largest absolute Gasteiger partial charge is 0.368 e. The highest BCUT2D eigenvalue weighted by Crippen LogP contribution is 2.10. The summed E-state index contributed by atoms with van der Waals surface area (Å²) in [6, 6.07) is 0. The summed E-state index contributed by atoms with van der Waals surface area (Å²) in [7, 11) is 0. The zero-order chi connectivity index (χ0) is 10.2. The molecule has 0 aliphatic heterocycles. The van der Waals surface area contributed by atoms with Gasteiger partial charge in [0.25, 0.3) is 0 Å². The Morgan fingerprint density at radius 3 is 2.86 bits per heavy atom. The van der Waals surface area contributed by atoms with Crippen LogP contribution in [0.25, 0.3) is 0 Å². The Balaban J connectivity index is 2.55. The molecule has 0 aliphatic rings. The molecule has 0 spiro atoms. The van der Waals surface area contributed by atoms with Gasteiger partial charge in [-0.25, -0.2) is 0 Å². The van der Waals surface area contributed by atoms with E-state index in [-0.39, 0.29) is 0 Å². The Bertz CT molecular complexity index is 262. The lowest BCUT2D eigenvalue weighted by molar-refractivity contribution is 0.789. The molecule has 0 unspecified atom stereocenters. The Labute approximate surface area is 85.1 Å². The number of aryl methyl sites for hydroxylation is 1. The number of aromatic nitrogens is 3. The fraction of sp³-hybridized carbons (Fsp3) is 0.700. The maximum Gasteiger partial charge on any atom is 0.155 e. The van der Waals surface area contributed by atoms with E-state index in [0.29, 0.717) is 0 Å². The van der Waals surface area contributed by atoms with Crippen molar-refractivity contribution in [3.63, 3.8) is 0 Å². The topological polar surface area (TPSA) is 50.7 Å². The van der Waals surface area contributed by atoms with Crippen LogP contribution in [0, 0.1) is 6.20 Å². The van der Waals surface area contributed by atoms with Crippen LogP contribution in [0.4, 0.5) is 5.82 Å². The molecule has 1 radical (unpaired) electrons. The lowest BCUT2D eigenvalue weighted by atomic mass is 10.2. The van der Waals surface area contributed by atoms with Crippen molar-refractivity contribution < 1.29 is 0 Å². The van der Waals surface area contributed by atoms with Crippen molar-refractivity contribution in [2.24, 2.45) is 0 Å². The van der Waals surface area contributed by atoms with Crippen molar-refractivity contribution in [3.05, 3.63) is 11.8 Å². The lowest BCUT2D eigenvalue weighted by Gasteiger charge is -2.06. The number of anilines is 1. The van der Waals surface area contributed by atoms with Gasteiger partial charge in [0.15, 0.2) is 5.82 Å². The van der Waals surface area contributed by atoms with E-state index in [4.69, 9.17) is 0 Å². The molecule has 0 saturated carbocycles. The fourth-order valence-corrected chi connectivity index (χ4v) is 1.21. The van der Waals surface area contributed by atoms with Crippen LogP contribution >= 0.6 is 0 Å². The zero-order valence-corrected chi connectivity index (χ0v) is 8.88. The maximum atomic E-state index is 3.97. The second kappa shape index (κ2) is 6.29. The molecule has 1 rings (SSSR count). The first kappa shape index (κ1) is 10.9. The molecule has 0 aromatic carbocycles. The molecule has 1 aromatic rings. The van der Waals surface area contributed by atoms with Crippen molar-refractivity contribution in [1.82, 2.24) is 15.4 Å². The van der Waals surface area contributed by atoms with E-state index < -0.39 is 0 Å². The van der Waals surface area contributed by atoms with E-state index in [0.717, 1.165) is 37.2 Å². The second-order valence-corrected chi connectivity index (χ2v) is 3.26. The summed E-state index contributed by atoms with van der Waals surface area (Å²) in [5.74, 6) is 0.843. The van der Waals surface area contributed by atoms with Crippen LogP contribution in [-0.4, -0.2) is 22.0 Å². The summed E-state index contributed by atoms with van der Waals surface area (Å²) in [5.41, 5.74) is 1.04. The Morgan fingerprint density at radius 1 is 1.29 bits per heavy atom.